The van der Waals surface area contributed by atoms with E-state index in [0.717, 1.165) is 5.56 Å². The van der Waals surface area contributed by atoms with Crippen molar-refractivity contribution < 1.29 is 14.6 Å². The molecule has 2 aromatic carbocycles. The summed E-state index contributed by atoms with van der Waals surface area (Å²) >= 11 is 0. The van der Waals surface area contributed by atoms with Gasteiger partial charge in [0, 0.05) is 11.3 Å². The average Bonchev–Trinajstić information content (AvgIpc) is 2.56. The number of nitriles is 1. The van der Waals surface area contributed by atoms with Crippen LogP contribution in [-0.2, 0) is 4.79 Å². The third-order valence-electron chi connectivity index (χ3n) is 3.29. The Kier molecular flexibility index (Phi) is 5.00. The van der Waals surface area contributed by atoms with Crippen LogP contribution < -0.4 is 10.1 Å². The highest BCUT2D eigenvalue weighted by molar-refractivity contribution is 6.10. The number of amides is 1. The summed E-state index contributed by atoms with van der Waals surface area (Å²) in [5.74, 6) is -0.0584. The van der Waals surface area contributed by atoms with Gasteiger partial charge in [-0.25, -0.2) is 0 Å². The summed E-state index contributed by atoms with van der Waals surface area (Å²) in [4.78, 5) is 12.3. The van der Waals surface area contributed by atoms with Crippen molar-refractivity contribution in [2.24, 2.45) is 0 Å². The van der Waals surface area contributed by atoms with Crippen LogP contribution in [0.25, 0.3) is 6.08 Å². The van der Waals surface area contributed by atoms with E-state index in [1.807, 2.05) is 25.1 Å². The van der Waals surface area contributed by atoms with Crippen molar-refractivity contribution in [3.05, 3.63) is 59.2 Å². The second kappa shape index (κ2) is 7.14. The number of nitrogens with one attached hydrogen (secondary N) is 1. The van der Waals surface area contributed by atoms with Gasteiger partial charge in [-0.1, -0.05) is 18.2 Å². The molecule has 0 radical (unpaired) electrons. The Bertz CT molecular complexity index is 804. The van der Waals surface area contributed by atoms with Gasteiger partial charge < -0.3 is 15.2 Å². The Balaban J connectivity index is 2.31. The fraction of sp³-hybridized carbons (Fsp3) is 0.111. The molecule has 5 heteroatoms. The van der Waals surface area contributed by atoms with Gasteiger partial charge >= 0.3 is 0 Å². The van der Waals surface area contributed by atoms with Crippen molar-refractivity contribution >= 4 is 17.7 Å². The van der Waals surface area contributed by atoms with Crippen LogP contribution in [0.3, 0.4) is 0 Å². The van der Waals surface area contributed by atoms with Crippen molar-refractivity contribution in [1.29, 1.82) is 5.26 Å². The van der Waals surface area contributed by atoms with Crippen molar-refractivity contribution in [1.82, 2.24) is 0 Å². The van der Waals surface area contributed by atoms with Crippen LogP contribution >= 0.6 is 0 Å². The zero-order valence-corrected chi connectivity index (χ0v) is 12.8. The first-order valence-corrected chi connectivity index (χ1v) is 6.91. The maximum atomic E-state index is 12.3. The van der Waals surface area contributed by atoms with Gasteiger partial charge in [0.05, 0.1) is 7.11 Å². The monoisotopic (exact) mass is 308 g/mol. The third-order valence-corrected chi connectivity index (χ3v) is 3.29. The van der Waals surface area contributed by atoms with Crippen molar-refractivity contribution in [2.45, 2.75) is 6.92 Å². The van der Waals surface area contributed by atoms with Gasteiger partial charge in [-0.15, -0.1) is 0 Å². The number of anilines is 1. The molecule has 0 aliphatic heterocycles. The summed E-state index contributed by atoms with van der Waals surface area (Å²) in [6.07, 6.45) is 1.32. The minimum absolute atomic E-state index is 0.0396. The Morgan fingerprint density at radius 2 is 2.04 bits per heavy atom. The summed E-state index contributed by atoms with van der Waals surface area (Å²) in [6.45, 7) is 1.86. The average molecular weight is 308 g/mol. The molecule has 0 aliphatic carbocycles. The molecule has 2 N–H and O–H groups in total. The number of benzene rings is 2. The summed E-state index contributed by atoms with van der Waals surface area (Å²) in [6, 6.07) is 13.7. The molecular formula is C18H16N2O3. The van der Waals surface area contributed by atoms with Gasteiger partial charge in [-0.2, -0.15) is 5.26 Å². The van der Waals surface area contributed by atoms with Crippen LogP contribution in [-0.4, -0.2) is 18.1 Å². The van der Waals surface area contributed by atoms with Gasteiger partial charge in [0.15, 0.2) is 0 Å². The topological polar surface area (TPSA) is 82.3 Å². The first-order valence-electron chi connectivity index (χ1n) is 6.91. The molecule has 0 aliphatic rings. The second-order valence-corrected chi connectivity index (χ2v) is 4.86. The Morgan fingerprint density at radius 1 is 1.30 bits per heavy atom. The number of carbonyl (C=O) groups is 1. The van der Waals surface area contributed by atoms with Crippen molar-refractivity contribution in [3.8, 4) is 17.6 Å². The Labute approximate surface area is 134 Å². The minimum atomic E-state index is -0.538. The quantitative estimate of drug-likeness (QED) is 0.671. The van der Waals surface area contributed by atoms with E-state index >= 15 is 0 Å². The molecule has 2 rings (SSSR count). The summed E-state index contributed by atoms with van der Waals surface area (Å²) < 4.78 is 5.07. The van der Waals surface area contributed by atoms with E-state index in [4.69, 9.17) is 4.74 Å². The molecule has 5 nitrogen and oxygen atoms in total. The maximum absolute atomic E-state index is 12.3. The smallest absolute Gasteiger partial charge is 0.266 e. The molecule has 1 amide bonds. The van der Waals surface area contributed by atoms with Crippen LogP contribution in [0.4, 0.5) is 5.69 Å². The van der Waals surface area contributed by atoms with E-state index in [0.29, 0.717) is 17.0 Å². The number of nitrogens with zero attached hydrogens (tertiary/aromatic N) is 1. The number of hydrogen-bond donors (Lipinski definition) is 2. The fourth-order valence-electron chi connectivity index (χ4n) is 1.98. The number of ether oxygens (including phenoxy) is 1. The minimum Gasteiger partial charge on any atom is -0.507 e. The van der Waals surface area contributed by atoms with Crippen LogP contribution in [0.2, 0.25) is 0 Å². The lowest BCUT2D eigenvalue weighted by Gasteiger charge is -2.08. The molecule has 0 unspecified atom stereocenters. The third kappa shape index (κ3) is 3.89. The molecule has 0 heterocycles. The highest BCUT2D eigenvalue weighted by Crippen LogP contribution is 2.25. The number of phenols is 1. The zero-order chi connectivity index (χ0) is 16.8. The molecule has 0 atom stereocenters. The Hall–Kier alpha value is -3.26. The number of aryl methyl sites for hydroxylation is 1. The van der Waals surface area contributed by atoms with Crippen LogP contribution in [0.1, 0.15) is 11.1 Å². The predicted molar refractivity (Wildman–Crippen MR) is 88.1 cm³/mol. The molecule has 0 bridgehead atoms. The van der Waals surface area contributed by atoms with E-state index in [9.17, 15) is 15.2 Å². The van der Waals surface area contributed by atoms with E-state index < -0.39 is 5.91 Å². The molecule has 2 aromatic rings. The lowest BCUT2D eigenvalue weighted by Crippen LogP contribution is -2.14. The molecule has 0 saturated heterocycles. The lowest BCUT2D eigenvalue weighted by atomic mass is 10.1. The standard InChI is InChI=1S/C18H16N2O3/c1-12-5-3-4-6-16(12)20-18(22)14(11-19)9-13-10-15(23-2)7-8-17(13)21/h3-10,21H,1-2H3,(H,20,22). The number of aromatic hydroxyl groups is 1. The first-order chi connectivity index (χ1) is 11.0. The first kappa shape index (κ1) is 16.1. The SMILES string of the molecule is COc1ccc(O)c(C=C(C#N)C(=O)Nc2ccccc2C)c1. The van der Waals surface area contributed by atoms with E-state index in [2.05, 4.69) is 5.32 Å². The molecule has 0 saturated carbocycles. The van der Waals surface area contributed by atoms with Gasteiger partial charge in [0.1, 0.15) is 23.1 Å². The normalized spacial score (nSPS) is 10.7. The number of rotatable bonds is 4. The van der Waals surface area contributed by atoms with Crippen molar-refractivity contribution in [2.75, 3.05) is 12.4 Å². The van der Waals surface area contributed by atoms with Gasteiger partial charge in [-0.05, 0) is 42.8 Å². The predicted octanol–water partition coefficient (Wildman–Crippen LogP) is 3.25. The summed E-state index contributed by atoms with van der Waals surface area (Å²) in [7, 11) is 1.50. The largest absolute Gasteiger partial charge is 0.507 e. The van der Waals surface area contributed by atoms with Crippen LogP contribution in [0, 0.1) is 18.3 Å². The number of para-hydroxylation sites is 1. The van der Waals surface area contributed by atoms with Gasteiger partial charge in [0.2, 0.25) is 0 Å². The highest BCUT2D eigenvalue weighted by atomic mass is 16.5. The number of carbonyl (C=O) groups excluding carboxylic acids is 1. The molecule has 0 fully saturated rings. The van der Waals surface area contributed by atoms with E-state index in [-0.39, 0.29) is 11.3 Å². The molecule has 0 aromatic heterocycles. The highest BCUT2D eigenvalue weighted by Gasteiger charge is 2.12. The van der Waals surface area contributed by atoms with E-state index in [1.54, 1.807) is 24.3 Å². The number of hydrogen-bond acceptors (Lipinski definition) is 4. The number of methoxy groups -OCH3 is 1. The molecule has 0 spiro atoms. The fourth-order valence-corrected chi connectivity index (χ4v) is 1.98. The lowest BCUT2D eigenvalue weighted by molar-refractivity contribution is -0.112. The second-order valence-electron chi connectivity index (χ2n) is 4.86. The summed E-state index contributed by atoms with van der Waals surface area (Å²) in [5.41, 5.74) is 1.74. The maximum Gasteiger partial charge on any atom is 0.266 e. The van der Waals surface area contributed by atoms with Gasteiger partial charge in [-0.3, -0.25) is 4.79 Å². The molecular weight excluding hydrogens is 292 g/mol. The summed E-state index contributed by atoms with van der Waals surface area (Å²) in [5, 5.41) is 21.8. The molecule has 23 heavy (non-hydrogen) atoms. The van der Waals surface area contributed by atoms with Gasteiger partial charge in [0.25, 0.3) is 5.91 Å². The van der Waals surface area contributed by atoms with E-state index in [1.165, 1.54) is 19.3 Å². The zero-order valence-electron chi connectivity index (χ0n) is 12.8. The van der Waals surface area contributed by atoms with Crippen LogP contribution in [0.5, 0.6) is 11.5 Å². The van der Waals surface area contributed by atoms with Crippen LogP contribution in [0.15, 0.2) is 48.0 Å². The Morgan fingerprint density at radius 3 is 2.70 bits per heavy atom. The molecule has 116 valence electrons. The van der Waals surface area contributed by atoms with Crippen molar-refractivity contribution in [3.63, 3.8) is 0 Å². The number of phenolic OH excluding ortho intramolecular Hbond substituents is 1.